The molecule has 36 heavy (non-hydrogen) atoms. The lowest BCUT2D eigenvalue weighted by molar-refractivity contribution is -0.192. The highest BCUT2D eigenvalue weighted by atomic mass is 16.6. The van der Waals surface area contributed by atoms with Crippen LogP contribution in [0.1, 0.15) is 47.0 Å². The fourth-order valence-electron chi connectivity index (χ4n) is 8.23. The Balaban J connectivity index is 1.59. The number of nitrogens with zero attached hydrogens (tertiary/aromatic N) is 1. The second kappa shape index (κ2) is 8.11. The van der Waals surface area contributed by atoms with E-state index in [4.69, 9.17) is 15.2 Å². The van der Waals surface area contributed by atoms with Crippen molar-refractivity contribution in [3.05, 3.63) is 23.3 Å². The van der Waals surface area contributed by atoms with Crippen molar-refractivity contribution in [2.75, 3.05) is 26.9 Å². The molecule has 0 aromatic rings. The zero-order chi connectivity index (χ0) is 26.4. The molecular weight excluding hydrogens is 464 g/mol. The number of Topliss-reactive ketones (excluding diaryl/α,β-unsaturated/α-hetero) is 1. The number of hydrogen-bond donors (Lipinski definition) is 4. The number of ketones is 1. The first kappa shape index (κ1) is 25.9. The highest BCUT2D eigenvalue weighted by Gasteiger charge is 2.79. The van der Waals surface area contributed by atoms with E-state index >= 15 is 0 Å². The fourth-order valence-corrected chi connectivity index (χ4v) is 8.23. The molecule has 0 aromatic heterocycles. The first-order valence-electron chi connectivity index (χ1n) is 13.1. The lowest BCUT2D eigenvalue weighted by Crippen LogP contribution is -2.68. The minimum atomic E-state index is -2.21. The van der Waals surface area contributed by atoms with Crippen LogP contribution in [-0.4, -0.2) is 88.4 Å². The van der Waals surface area contributed by atoms with E-state index in [0.717, 1.165) is 0 Å². The van der Waals surface area contributed by atoms with E-state index in [9.17, 15) is 24.9 Å². The summed E-state index contributed by atoms with van der Waals surface area (Å²) in [4.78, 5) is 29.3. The number of aliphatic hydroxyl groups excluding tert-OH is 2. The van der Waals surface area contributed by atoms with E-state index in [1.807, 2.05) is 6.92 Å². The van der Waals surface area contributed by atoms with Gasteiger partial charge in [-0.2, -0.15) is 0 Å². The van der Waals surface area contributed by atoms with Crippen molar-refractivity contribution >= 4 is 11.9 Å². The van der Waals surface area contributed by atoms with Crippen molar-refractivity contribution in [1.82, 2.24) is 4.90 Å². The number of rotatable bonds is 3. The Kier molecular flexibility index (Phi) is 5.82. The van der Waals surface area contributed by atoms with Crippen molar-refractivity contribution in [3.8, 4) is 0 Å². The van der Waals surface area contributed by atoms with Crippen LogP contribution in [0.5, 0.6) is 0 Å². The van der Waals surface area contributed by atoms with E-state index in [-0.39, 0.29) is 40.6 Å². The highest BCUT2D eigenvalue weighted by molar-refractivity contribution is 6.01. The van der Waals surface area contributed by atoms with E-state index in [0.29, 0.717) is 38.0 Å². The number of carbonyl (C=O) groups excluding carboxylic acids is 2. The molecule has 5 aliphatic rings. The molecule has 0 radical (unpaired) electrons. The van der Waals surface area contributed by atoms with Crippen LogP contribution in [0.2, 0.25) is 0 Å². The van der Waals surface area contributed by atoms with Gasteiger partial charge in [0.1, 0.15) is 6.10 Å². The fraction of sp³-hybridized carbons (Fsp3) is 0.778. The summed E-state index contributed by atoms with van der Waals surface area (Å²) in [5.74, 6) is -0.819. The first-order valence-corrected chi connectivity index (χ1v) is 13.1. The number of fused-ring (bicyclic) bond motifs is 3. The molecule has 1 aliphatic heterocycles. The molecule has 1 amide bonds. The zero-order valence-corrected chi connectivity index (χ0v) is 21.9. The standard InChI is InChI=1S/C27H40N2O7/c1-14-11-25-15(2)10-18-19(24(18,3)4)26(28,22(25)32)12-16(13-30)20(31)27(25,34)21(14)36-23(33)29(5)17-6-8-35-9-7-17/h11-12,15,17-21,30-31,34H,6-10,13,28H2,1-5H3/t15-,18?,19+,20-,21+,25+,26-,27+/m1/s1. The second-order valence-corrected chi connectivity index (χ2v) is 12.4. The minimum absolute atomic E-state index is 0.0723. The van der Waals surface area contributed by atoms with Crippen LogP contribution in [0.25, 0.3) is 0 Å². The molecule has 4 aliphatic carbocycles. The molecule has 0 aromatic carbocycles. The summed E-state index contributed by atoms with van der Waals surface area (Å²) >= 11 is 0. The van der Waals surface area contributed by atoms with Crippen molar-refractivity contribution in [3.63, 3.8) is 0 Å². The Bertz CT molecular complexity index is 1030. The maximum absolute atomic E-state index is 14.5. The van der Waals surface area contributed by atoms with E-state index in [1.54, 1.807) is 20.0 Å². The Labute approximate surface area is 212 Å². The average molecular weight is 505 g/mol. The van der Waals surface area contributed by atoms with Gasteiger partial charge in [-0.25, -0.2) is 4.79 Å². The summed E-state index contributed by atoms with van der Waals surface area (Å²) in [6.07, 6.45) is 1.55. The molecule has 9 nitrogen and oxygen atoms in total. The molecule has 200 valence electrons. The van der Waals surface area contributed by atoms with Crippen molar-refractivity contribution in [2.24, 2.45) is 34.3 Å². The van der Waals surface area contributed by atoms with Crippen molar-refractivity contribution in [1.29, 1.82) is 0 Å². The third-order valence-electron chi connectivity index (χ3n) is 10.3. The quantitative estimate of drug-likeness (QED) is 0.419. The predicted octanol–water partition coefficient (Wildman–Crippen LogP) is 1.15. The van der Waals surface area contributed by atoms with Gasteiger partial charge in [-0.1, -0.05) is 32.9 Å². The van der Waals surface area contributed by atoms with Crippen LogP contribution in [0, 0.1) is 28.6 Å². The van der Waals surface area contributed by atoms with Gasteiger partial charge in [-0.05, 0) is 60.5 Å². The summed E-state index contributed by atoms with van der Waals surface area (Å²) < 4.78 is 11.3. The molecule has 1 unspecified atom stereocenters. The maximum atomic E-state index is 14.5. The predicted molar refractivity (Wildman–Crippen MR) is 131 cm³/mol. The molecule has 1 spiro atoms. The monoisotopic (exact) mass is 504 g/mol. The van der Waals surface area contributed by atoms with Crippen LogP contribution < -0.4 is 5.73 Å². The number of ether oxygens (including phenoxy) is 2. The van der Waals surface area contributed by atoms with Crippen molar-refractivity contribution in [2.45, 2.75) is 76.3 Å². The molecule has 9 heteroatoms. The second-order valence-electron chi connectivity index (χ2n) is 12.4. The summed E-state index contributed by atoms with van der Waals surface area (Å²) in [5, 5.41) is 34.4. The largest absolute Gasteiger partial charge is 0.438 e. The molecule has 8 atom stereocenters. The van der Waals surface area contributed by atoms with Crippen LogP contribution >= 0.6 is 0 Å². The molecule has 2 saturated carbocycles. The number of nitrogens with two attached hydrogens (primary N) is 1. The summed E-state index contributed by atoms with van der Waals surface area (Å²) in [7, 11) is 1.65. The summed E-state index contributed by atoms with van der Waals surface area (Å²) in [5.41, 5.74) is 2.03. The third-order valence-corrected chi connectivity index (χ3v) is 10.3. The molecule has 5 N–H and O–H groups in total. The lowest BCUT2D eigenvalue weighted by Gasteiger charge is -2.49. The van der Waals surface area contributed by atoms with Gasteiger partial charge in [-0.15, -0.1) is 0 Å². The minimum Gasteiger partial charge on any atom is -0.438 e. The SMILES string of the molecule is CC1=C[C@]23C(=O)[C@@](N)(C=C(CO)[C@@H](O)[C@]2(O)[C@H]1OC(=O)N(C)C1CCOCC1)[C@H]1C(C[C@H]3C)C1(C)C. The highest BCUT2D eigenvalue weighted by Crippen LogP contribution is 2.72. The Morgan fingerprint density at radius 2 is 1.92 bits per heavy atom. The van der Waals surface area contributed by atoms with Crippen LogP contribution in [0.3, 0.4) is 0 Å². The zero-order valence-electron chi connectivity index (χ0n) is 21.9. The molecule has 2 bridgehead atoms. The molecular formula is C27H40N2O7. The van der Waals surface area contributed by atoms with Gasteiger partial charge in [0, 0.05) is 26.3 Å². The summed E-state index contributed by atoms with van der Waals surface area (Å²) in [6.45, 7) is 8.28. The Morgan fingerprint density at radius 1 is 1.28 bits per heavy atom. The van der Waals surface area contributed by atoms with E-state index in [1.165, 1.54) is 11.0 Å². The van der Waals surface area contributed by atoms with E-state index < -0.39 is 41.5 Å². The molecule has 5 rings (SSSR count). The number of amides is 1. The molecule has 1 heterocycles. The molecule has 1 saturated heterocycles. The Hall–Kier alpha value is -1.78. The van der Waals surface area contributed by atoms with E-state index in [2.05, 4.69) is 13.8 Å². The smallest absolute Gasteiger partial charge is 0.410 e. The van der Waals surface area contributed by atoms with Gasteiger partial charge in [-0.3, -0.25) is 4.79 Å². The average Bonchev–Trinajstić information content (AvgIpc) is 3.35. The number of aliphatic hydroxyl groups is 3. The Morgan fingerprint density at radius 3 is 2.53 bits per heavy atom. The normalized spacial score (nSPS) is 45.5. The van der Waals surface area contributed by atoms with Crippen LogP contribution in [0.4, 0.5) is 4.79 Å². The van der Waals surface area contributed by atoms with Gasteiger partial charge >= 0.3 is 6.09 Å². The topological polar surface area (TPSA) is 143 Å². The first-order chi connectivity index (χ1) is 16.8. The third kappa shape index (κ3) is 3.07. The van der Waals surface area contributed by atoms with Crippen molar-refractivity contribution < 1.29 is 34.4 Å². The van der Waals surface area contributed by atoms with Crippen LogP contribution in [0.15, 0.2) is 23.3 Å². The molecule has 3 fully saturated rings. The van der Waals surface area contributed by atoms with Gasteiger partial charge in [0.25, 0.3) is 0 Å². The lowest BCUT2D eigenvalue weighted by atomic mass is 9.58. The summed E-state index contributed by atoms with van der Waals surface area (Å²) in [6, 6.07) is -0.0723. The van der Waals surface area contributed by atoms with Gasteiger partial charge in [0.05, 0.1) is 17.6 Å². The van der Waals surface area contributed by atoms with Gasteiger partial charge in [0.15, 0.2) is 17.5 Å². The van der Waals surface area contributed by atoms with Crippen LogP contribution in [-0.2, 0) is 14.3 Å². The van der Waals surface area contributed by atoms with Gasteiger partial charge < -0.3 is 35.4 Å². The number of carbonyl (C=O) groups is 2. The maximum Gasteiger partial charge on any atom is 0.410 e. The van der Waals surface area contributed by atoms with Gasteiger partial charge in [0.2, 0.25) is 0 Å². The number of hydrogen-bond acceptors (Lipinski definition) is 8.